The molecule has 0 aromatic heterocycles. The topological polar surface area (TPSA) is 21.7 Å². The van der Waals surface area contributed by atoms with E-state index in [9.17, 15) is 0 Å². The fraction of sp³-hybridized carbons (Fsp3) is 0.600. The van der Waals surface area contributed by atoms with E-state index in [1.165, 1.54) is 12.0 Å². The molecule has 100 valence electrons. The minimum Gasteiger partial charge on any atom is -0.494 e. The Labute approximate surface area is 110 Å². The highest BCUT2D eigenvalue weighted by atomic mass is 16.5. The van der Waals surface area contributed by atoms with Gasteiger partial charge in [0.25, 0.3) is 0 Å². The van der Waals surface area contributed by atoms with Crippen LogP contribution in [0.2, 0.25) is 0 Å². The average molecular weight is 249 g/mol. The number of ether oxygens (including phenoxy) is 2. The van der Waals surface area contributed by atoms with Gasteiger partial charge >= 0.3 is 0 Å². The number of benzene rings is 1. The lowest BCUT2D eigenvalue weighted by Crippen LogP contribution is -2.13. The van der Waals surface area contributed by atoms with Crippen LogP contribution in [0.5, 0.6) is 11.5 Å². The first-order valence-corrected chi connectivity index (χ1v) is 6.79. The number of fused-ring (bicyclic) bond motifs is 1. The fourth-order valence-corrected chi connectivity index (χ4v) is 2.15. The number of aryl methyl sites for hydroxylation is 1. The van der Waals surface area contributed by atoms with Crippen LogP contribution >= 0.6 is 0 Å². The lowest BCUT2D eigenvalue weighted by atomic mass is 10.1. The lowest BCUT2D eigenvalue weighted by molar-refractivity contribution is 0.280. The van der Waals surface area contributed by atoms with E-state index in [0.29, 0.717) is 0 Å². The summed E-state index contributed by atoms with van der Waals surface area (Å²) in [4.78, 5) is 2.20. The van der Waals surface area contributed by atoms with Gasteiger partial charge in [0.05, 0.1) is 13.2 Å². The minimum absolute atomic E-state index is 0.799. The van der Waals surface area contributed by atoms with Gasteiger partial charge in [-0.1, -0.05) is 0 Å². The molecule has 0 N–H and O–H groups in total. The van der Waals surface area contributed by atoms with Crippen molar-refractivity contribution in [3.63, 3.8) is 0 Å². The smallest absolute Gasteiger partial charge is 0.122 e. The van der Waals surface area contributed by atoms with E-state index in [0.717, 1.165) is 50.5 Å². The monoisotopic (exact) mass is 249 g/mol. The first kappa shape index (κ1) is 13.2. The number of nitrogens with zero attached hydrogens (tertiary/aromatic N) is 1. The molecule has 0 saturated heterocycles. The van der Waals surface area contributed by atoms with Gasteiger partial charge < -0.3 is 14.4 Å². The Hall–Kier alpha value is -1.22. The van der Waals surface area contributed by atoms with E-state index in [4.69, 9.17) is 9.47 Å². The van der Waals surface area contributed by atoms with E-state index in [1.54, 1.807) is 0 Å². The second kappa shape index (κ2) is 6.64. The summed E-state index contributed by atoms with van der Waals surface area (Å²) in [6.07, 6.45) is 4.50. The molecule has 0 amide bonds. The first-order valence-electron chi connectivity index (χ1n) is 6.79. The van der Waals surface area contributed by atoms with Crippen LogP contribution in [0.25, 0.3) is 0 Å². The zero-order valence-electron chi connectivity index (χ0n) is 11.4. The van der Waals surface area contributed by atoms with Crippen LogP contribution in [0.3, 0.4) is 0 Å². The van der Waals surface area contributed by atoms with Gasteiger partial charge in [0.2, 0.25) is 0 Å². The van der Waals surface area contributed by atoms with Gasteiger partial charge in [-0.25, -0.2) is 0 Å². The molecule has 1 aliphatic rings. The average Bonchev–Trinajstić information content (AvgIpc) is 2.38. The molecular weight excluding hydrogens is 226 g/mol. The number of hydrogen-bond acceptors (Lipinski definition) is 3. The van der Waals surface area contributed by atoms with E-state index >= 15 is 0 Å². The summed E-state index contributed by atoms with van der Waals surface area (Å²) < 4.78 is 11.4. The lowest BCUT2D eigenvalue weighted by Gasteiger charge is -2.18. The predicted molar refractivity (Wildman–Crippen MR) is 73.5 cm³/mol. The van der Waals surface area contributed by atoms with E-state index < -0.39 is 0 Å². The molecule has 0 spiro atoms. The van der Waals surface area contributed by atoms with E-state index in [2.05, 4.69) is 25.1 Å². The normalized spacial score (nSPS) is 14.2. The minimum atomic E-state index is 0.799. The maximum Gasteiger partial charge on any atom is 0.122 e. The molecule has 0 atom stereocenters. The molecule has 1 aliphatic heterocycles. The Morgan fingerprint density at radius 3 is 3.00 bits per heavy atom. The second-order valence-electron chi connectivity index (χ2n) is 5.08. The standard InChI is InChI=1S/C15H23NO2/c1-16(2)9-3-4-10-17-14-7-8-15-13(12-14)6-5-11-18-15/h7-8,12H,3-6,9-11H2,1-2H3. The van der Waals surface area contributed by atoms with Crippen LogP contribution in [-0.4, -0.2) is 38.8 Å². The highest BCUT2D eigenvalue weighted by molar-refractivity contribution is 5.41. The number of unbranched alkanes of at least 4 members (excludes halogenated alkanes) is 1. The zero-order chi connectivity index (χ0) is 12.8. The molecule has 3 heteroatoms. The number of rotatable bonds is 6. The molecular formula is C15H23NO2. The maximum atomic E-state index is 5.78. The van der Waals surface area contributed by atoms with Gasteiger partial charge in [-0.3, -0.25) is 0 Å². The number of hydrogen-bond donors (Lipinski definition) is 0. The molecule has 0 unspecified atom stereocenters. The third kappa shape index (κ3) is 3.91. The molecule has 1 aromatic rings. The maximum absolute atomic E-state index is 5.78. The summed E-state index contributed by atoms with van der Waals surface area (Å²) in [5, 5.41) is 0. The summed E-state index contributed by atoms with van der Waals surface area (Å²) in [6.45, 7) is 2.77. The van der Waals surface area contributed by atoms with Crippen LogP contribution in [0.4, 0.5) is 0 Å². The summed E-state index contributed by atoms with van der Waals surface area (Å²) in [6, 6.07) is 6.17. The predicted octanol–water partition coefficient (Wildman–Crippen LogP) is 2.73. The van der Waals surface area contributed by atoms with Crippen molar-refractivity contribution in [2.75, 3.05) is 33.9 Å². The molecule has 1 aromatic carbocycles. The van der Waals surface area contributed by atoms with Crippen molar-refractivity contribution in [3.8, 4) is 11.5 Å². The van der Waals surface area contributed by atoms with Crippen molar-refractivity contribution in [1.29, 1.82) is 0 Å². The Kier molecular flexibility index (Phi) is 4.88. The van der Waals surface area contributed by atoms with Gasteiger partial charge in [-0.2, -0.15) is 0 Å². The molecule has 1 heterocycles. The Balaban J connectivity index is 1.76. The van der Waals surface area contributed by atoms with Gasteiger partial charge in [0.15, 0.2) is 0 Å². The molecule has 18 heavy (non-hydrogen) atoms. The summed E-state index contributed by atoms with van der Waals surface area (Å²) >= 11 is 0. The fourth-order valence-electron chi connectivity index (χ4n) is 2.15. The molecule has 3 nitrogen and oxygen atoms in total. The molecule has 2 rings (SSSR count). The molecule has 0 radical (unpaired) electrons. The molecule has 0 fully saturated rings. The largest absolute Gasteiger partial charge is 0.494 e. The van der Waals surface area contributed by atoms with Crippen LogP contribution in [-0.2, 0) is 6.42 Å². The van der Waals surface area contributed by atoms with Gasteiger partial charge in [-0.05, 0) is 70.1 Å². The highest BCUT2D eigenvalue weighted by Gasteiger charge is 2.10. The van der Waals surface area contributed by atoms with Crippen LogP contribution in [0.15, 0.2) is 18.2 Å². The molecule has 0 aliphatic carbocycles. The van der Waals surface area contributed by atoms with Crippen molar-refractivity contribution in [2.24, 2.45) is 0 Å². The quantitative estimate of drug-likeness (QED) is 0.724. The van der Waals surface area contributed by atoms with Crippen molar-refractivity contribution in [3.05, 3.63) is 23.8 Å². The third-order valence-electron chi connectivity index (χ3n) is 3.15. The molecule has 0 bridgehead atoms. The SMILES string of the molecule is CN(C)CCCCOc1ccc2c(c1)CCCO2. The van der Waals surface area contributed by atoms with Crippen molar-refractivity contribution in [1.82, 2.24) is 4.90 Å². The van der Waals surface area contributed by atoms with Crippen LogP contribution in [0.1, 0.15) is 24.8 Å². The summed E-state index contributed by atoms with van der Waals surface area (Å²) in [5.74, 6) is 2.00. The van der Waals surface area contributed by atoms with Crippen molar-refractivity contribution < 1.29 is 9.47 Å². The van der Waals surface area contributed by atoms with Crippen LogP contribution in [0, 0.1) is 0 Å². The molecule has 0 saturated carbocycles. The van der Waals surface area contributed by atoms with E-state index in [1.807, 2.05) is 12.1 Å². The van der Waals surface area contributed by atoms with Gasteiger partial charge in [0.1, 0.15) is 11.5 Å². The Morgan fingerprint density at radius 1 is 1.28 bits per heavy atom. The van der Waals surface area contributed by atoms with Crippen molar-refractivity contribution >= 4 is 0 Å². The Morgan fingerprint density at radius 2 is 2.17 bits per heavy atom. The zero-order valence-corrected chi connectivity index (χ0v) is 11.4. The van der Waals surface area contributed by atoms with Gasteiger partial charge in [-0.15, -0.1) is 0 Å². The first-order chi connectivity index (χ1) is 8.75. The highest BCUT2D eigenvalue weighted by Crippen LogP contribution is 2.28. The van der Waals surface area contributed by atoms with Crippen LogP contribution < -0.4 is 9.47 Å². The van der Waals surface area contributed by atoms with Crippen molar-refractivity contribution in [2.45, 2.75) is 25.7 Å². The van der Waals surface area contributed by atoms with E-state index in [-0.39, 0.29) is 0 Å². The second-order valence-corrected chi connectivity index (χ2v) is 5.08. The van der Waals surface area contributed by atoms with Gasteiger partial charge in [0, 0.05) is 0 Å². The third-order valence-corrected chi connectivity index (χ3v) is 3.15. The summed E-state index contributed by atoms with van der Waals surface area (Å²) in [5.41, 5.74) is 1.28. The summed E-state index contributed by atoms with van der Waals surface area (Å²) in [7, 11) is 4.20. The Bertz CT molecular complexity index is 377.